The predicted molar refractivity (Wildman–Crippen MR) is 155 cm³/mol. The van der Waals surface area contributed by atoms with Crippen molar-refractivity contribution in [3.8, 4) is 11.5 Å². The zero-order chi connectivity index (χ0) is 27.1. The number of nitrogens with one attached hydrogen (secondary N) is 1. The molecule has 5 rings (SSSR count). The molecule has 0 bridgehead atoms. The summed E-state index contributed by atoms with van der Waals surface area (Å²) in [5, 5.41) is 3.22. The minimum absolute atomic E-state index is 0.0904. The maximum atomic E-state index is 13.7. The topological polar surface area (TPSA) is 61.9 Å². The highest BCUT2D eigenvalue weighted by molar-refractivity contribution is 6.00. The van der Waals surface area contributed by atoms with Gasteiger partial charge in [-0.1, -0.05) is 75.8 Å². The molecule has 1 saturated carbocycles. The van der Waals surface area contributed by atoms with Gasteiger partial charge in [-0.05, 0) is 67.9 Å². The van der Waals surface area contributed by atoms with E-state index in [1.54, 1.807) is 0 Å². The Morgan fingerprint density at radius 3 is 2.28 bits per heavy atom. The maximum absolute atomic E-state index is 13.7. The number of para-hydroxylation sites is 1. The SMILES string of the molecule is CCCCN1C(=O)C(CC2CCCCC2)NC(=O)C12CCN(CCc1ccc(Oc3ccccc3)cc1)CC2. The number of likely N-dealkylation sites (tertiary alicyclic amines) is 1. The highest BCUT2D eigenvalue weighted by atomic mass is 16.5. The normalized spacial score (nSPS) is 22.2. The van der Waals surface area contributed by atoms with Crippen LogP contribution in [0.2, 0.25) is 0 Å². The fourth-order valence-electron chi connectivity index (χ4n) is 6.71. The van der Waals surface area contributed by atoms with Crippen LogP contribution in [0.1, 0.15) is 76.7 Å². The number of rotatable bonds is 10. The number of carbonyl (C=O) groups excluding carboxylic acids is 2. The van der Waals surface area contributed by atoms with Gasteiger partial charge in [-0.2, -0.15) is 0 Å². The summed E-state index contributed by atoms with van der Waals surface area (Å²) in [5.41, 5.74) is 0.596. The summed E-state index contributed by atoms with van der Waals surface area (Å²) in [6.07, 6.45) is 11.4. The van der Waals surface area contributed by atoms with Gasteiger partial charge in [0.1, 0.15) is 23.1 Å². The first-order chi connectivity index (χ1) is 19.1. The molecule has 3 fully saturated rings. The molecule has 210 valence electrons. The van der Waals surface area contributed by atoms with Crippen molar-refractivity contribution in [2.24, 2.45) is 5.92 Å². The second-order valence-electron chi connectivity index (χ2n) is 11.8. The lowest BCUT2D eigenvalue weighted by Gasteiger charge is -2.52. The molecule has 6 nitrogen and oxygen atoms in total. The first kappa shape index (κ1) is 27.7. The van der Waals surface area contributed by atoms with Crippen molar-refractivity contribution in [3.05, 3.63) is 60.2 Å². The third-order valence-corrected chi connectivity index (χ3v) is 9.14. The quantitative estimate of drug-likeness (QED) is 0.411. The Kier molecular flexibility index (Phi) is 9.23. The molecule has 0 aromatic heterocycles. The second-order valence-corrected chi connectivity index (χ2v) is 11.8. The molecule has 1 aliphatic carbocycles. The number of ether oxygens (including phenoxy) is 1. The lowest BCUT2D eigenvalue weighted by atomic mass is 9.79. The van der Waals surface area contributed by atoms with E-state index in [4.69, 9.17) is 4.74 Å². The van der Waals surface area contributed by atoms with Crippen LogP contribution >= 0.6 is 0 Å². The lowest BCUT2D eigenvalue weighted by Crippen LogP contribution is -2.73. The maximum Gasteiger partial charge on any atom is 0.246 e. The second kappa shape index (κ2) is 13.0. The molecule has 0 radical (unpaired) electrons. The Labute approximate surface area is 234 Å². The molecular weight excluding hydrogens is 486 g/mol. The molecule has 2 amide bonds. The average Bonchev–Trinajstić information content (AvgIpc) is 2.97. The Morgan fingerprint density at radius 1 is 0.897 bits per heavy atom. The Morgan fingerprint density at radius 2 is 1.59 bits per heavy atom. The molecule has 1 spiro atoms. The van der Waals surface area contributed by atoms with Crippen molar-refractivity contribution in [3.63, 3.8) is 0 Å². The van der Waals surface area contributed by atoms with E-state index in [0.29, 0.717) is 25.3 Å². The van der Waals surface area contributed by atoms with Crippen LogP contribution in [-0.4, -0.2) is 59.4 Å². The molecule has 3 aliphatic rings. The van der Waals surface area contributed by atoms with Gasteiger partial charge in [-0.3, -0.25) is 9.59 Å². The van der Waals surface area contributed by atoms with Crippen LogP contribution in [0.15, 0.2) is 54.6 Å². The summed E-state index contributed by atoms with van der Waals surface area (Å²) < 4.78 is 5.92. The molecule has 1 unspecified atom stereocenters. The zero-order valence-electron chi connectivity index (χ0n) is 23.6. The summed E-state index contributed by atoms with van der Waals surface area (Å²) in [6.45, 7) is 5.48. The average molecular weight is 532 g/mol. The van der Waals surface area contributed by atoms with Gasteiger partial charge >= 0.3 is 0 Å². The molecule has 2 saturated heterocycles. The summed E-state index contributed by atoms with van der Waals surface area (Å²) in [5.74, 6) is 2.50. The van der Waals surface area contributed by atoms with Crippen molar-refractivity contribution in [1.29, 1.82) is 0 Å². The monoisotopic (exact) mass is 531 g/mol. The summed E-state index contributed by atoms with van der Waals surface area (Å²) in [4.78, 5) is 31.9. The first-order valence-corrected chi connectivity index (χ1v) is 15.2. The standard InChI is InChI=1S/C33H45N3O3/c1-2-3-21-36-31(37)30(25-27-10-6-4-7-11-27)34-32(38)33(36)19-23-35(24-20-33)22-18-26-14-16-29(17-15-26)39-28-12-8-5-9-13-28/h5,8-9,12-17,27,30H,2-4,6-7,10-11,18-25H2,1H3,(H,34,38). The molecular formula is C33H45N3O3. The molecule has 39 heavy (non-hydrogen) atoms. The van der Waals surface area contributed by atoms with Gasteiger partial charge in [0.25, 0.3) is 0 Å². The third-order valence-electron chi connectivity index (χ3n) is 9.14. The number of unbranched alkanes of at least 4 members (excludes halogenated alkanes) is 1. The van der Waals surface area contributed by atoms with Gasteiger partial charge in [0.05, 0.1) is 0 Å². The summed E-state index contributed by atoms with van der Waals surface area (Å²) >= 11 is 0. The number of hydrogen-bond acceptors (Lipinski definition) is 4. The van der Waals surface area contributed by atoms with Crippen LogP contribution in [-0.2, 0) is 16.0 Å². The van der Waals surface area contributed by atoms with Crippen LogP contribution < -0.4 is 10.1 Å². The number of hydrogen-bond donors (Lipinski definition) is 1. The molecule has 2 aromatic rings. The third kappa shape index (κ3) is 6.66. The number of carbonyl (C=O) groups is 2. The van der Waals surface area contributed by atoms with Crippen molar-refractivity contribution in [2.75, 3.05) is 26.2 Å². The number of piperazine rings is 1. The lowest BCUT2D eigenvalue weighted by molar-refractivity contribution is -0.161. The van der Waals surface area contributed by atoms with Crippen LogP contribution in [0, 0.1) is 5.92 Å². The van der Waals surface area contributed by atoms with Crippen molar-refractivity contribution < 1.29 is 14.3 Å². The fourth-order valence-corrected chi connectivity index (χ4v) is 6.71. The highest BCUT2D eigenvalue weighted by Gasteiger charge is 2.53. The van der Waals surface area contributed by atoms with Crippen molar-refractivity contribution in [2.45, 2.75) is 89.1 Å². The van der Waals surface area contributed by atoms with Gasteiger partial charge in [0.15, 0.2) is 0 Å². The zero-order valence-corrected chi connectivity index (χ0v) is 23.6. The van der Waals surface area contributed by atoms with Gasteiger partial charge < -0.3 is 19.9 Å². The van der Waals surface area contributed by atoms with E-state index >= 15 is 0 Å². The van der Waals surface area contributed by atoms with Gasteiger partial charge in [-0.25, -0.2) is 0 Å². The van der Waals surface area contributed by atoms with E-state index in [1.165, 1.54) is 37.7 Å². The highest BCUT2D eigenvalue weighted by Crippen LogP contribution is 2.36. The smallest absolute Gasteiger partial charge is 0.246 e. The van der Waals surface area contributed by atoms with Gasteiger partial charge in [-0.15, -0.1) is 0 Å². The Hall–Kier alpha value is -2.86. The van der Waals surface area contributed by atoms with E-state index in [1.807, 2.05) is 47.4 Å². The van der Waals surface area contributed by atoms with Crippen molar-refractivity contribution in [1.82, 2.24) is 15.1 Å². The van der Waals surface area contributed by atoms with Crippen LogP contribution in [0.25, 0.3) is 0 Å². The fraction of sp³-hybridized carbons (Fsp3) is 0.576. The molecule has 2 heterocycles. The van der Waals surface area contributed by atoms with Crippen LogP contribution in [0.3, 0.4) is 0 Å². The van der Waals surface area contributed by atoms with E-state index in [9.17, 15) is 9.59 Å². The van der Waals surface area contributed by atoms with Gasteiger partial charge in [0.2, 0.25) is 11.8 Å². The van der Waals surface area contributed by atoms with Crippen molar-refractivity contribution >= 4 is 11.8 Å². The first-order valence-electron chi connectivity index (χ1n) is 15.2. The number of nitrogens with zero attached hydrogens (tertiary/aromatic N) is 2. The van der Waals surface area contributed by atoms with Gasteiger partial charge in [0, 0.05) is 26.2 Å². The predicted octanol–water partition coefficient (Wildman–Crippen LogP) is 5.95. The number of benzene rings is 2. The summed E-state index contributed by atoms with van der Waals surface area (Å²) in [6, 6.07) is 17.8. The van der Waals surface area contributed by atoms with E-state index < -0.39 is 5.54 Å². The minimum atomic E-state index is -0.678. The molecule has 6 heteroatoms. The molecule has 2 aromatic carbocycles. The van der Waals surface area contributed by atoms with E-state index in [-0.39, 0.29) is 17.9 Å². The Balaban J connectivity index is 1.16. The van der Waals surface area contributed by atoms with E-state index in [2.05, 4.69) is 29.3 Å². The number of amides is 2. The molecule has 2 aliphatic heterocycles. The number of piperidine rings is 1. The Bertz CT molecular complexity index is 1070. The van der Waals surface area contributed by atoms with Crippen LogP contribution in [0.5, 0.6) is 11.5 Å². The molecule has 1 atom stereocenters. The minimum Gasteiger partial charge on any atom is -0.457 e. The summed E-state index contributed by atoms with van der Waals surface area (Å²) in [7, 11) is 0. The van der Waals surface area contributed by atoms with Crippen LogP contribution in [0.4, 0.5) is 0 Å². The largest absolute Gasteiger partial charge is 0.457 e. The molecule has 1 N–H and O–H groups in total. The van der Waals surface area contributed by atoms with E-state index in [0.717, 1.165) is 56.8 Å².